The number of aromatic nitrogens is 2. The molecule has 0 fully saturated rings. The highest BCUT2D eigenvalue weighted by atomic mass is 35.5. The van der Waals surface area contributed by atoms with E-state index in [2.05, 4.69) is 5.10 Å². The predicted molar refractivity (Wildman–Crippen MR) is 96.7 cm³/mol. The SMILES string of the molecule is Cc1ccc2c(/C=C\C(=O)O)nn(Cc3ccc(Cl)cc3Cl)c2c1. The third-order valence-electron chi connectivity index (χ3n) is 3.65. The molecule has 122 valence electrons. The van der Waals surface area contributed by atoms with Crippen LogP contribution in [0.5, 0.6) is 0 Å². The molecule has 0 amide bonds. The summed E-state index contributed by atoms with van der Waals surface area (Å²) >= 11 is 12.2. The fraction of sp³-hybridized carbons (Fsp3) is 0.111. The van der Waals surface area contributed by atoms with Crippen LogP contribution in [0.4, 0.5) is 0 Å². The number of carbonyl (C=O) groups is 1. The molecule has 0 aliphatic heterocycles. The van der Waals surface area contributed by atoms with Gasteiger partial charge in [0.15, 0.2) is 0 Å². The van der Waals surface area contributed by atoms with Crippen molar-refractivity contribution >= 4 is 46.2 Å². The number of nitrogens with zero attached hydrogens (tertiary/aromatic N) is 2. The molecular weight excluding hydrogens is 347 g/mol. The minimum Gasteiger partial charge on any atom is -0.478 e. The third-order valence-corrected chi connectivity index (χ3v) is 4.24. The summed E-state index contributed by atoms with van der Waals surface area (Å²) in [4.78, 5) is 10.8. The van der Waals surface area contributed by atoms with Gasteiger partial charge >= 0.3 is 5.97 Å². The molecule has 0 unspecified atom stereocenters. The van der Waals surface area contributed by atoms with Crippen LogP contribution in [0.1, 0.15) is 16.8 Å². The summed E-state index contributed by atoms with van der Waals surface area (Å²) < 4.78 is 1.82. The Balaban J connectivity index is 2.09. The monoisotopic (exact) mass is 360 g/mol. The Morgan fingerprint density at radius 3 is 2.75 bits per heavy atom. The number of hydrogen-bond acceptors (Lipinski definition) is 2. The number of aryl methyl sites for hydroxylation is 1. The van der Waals surface area contributed by atoms with Crippen LogP contribution in [0.2, 0.25) is 10.0 Å². The van der Waals surface area contributed by atoms with Gasteiger partial charge in [0.2, 0.25) is 0 Å². The fourth-order valence-corrected chi connectivity index (χ4v) is 2.98. The molecule has 1 N–H and O–H groups in total. The minimum atomic E-state index is -1.01. The van der Waals surface area contributed by atoms with Gasteiger partial charge in [-0.1, -0.05) is 41.4 Å². The van der Waals surface area contributed by atoms with E-state index in [0.29, 0.717) is 22.3 Å². The molecule has 0 atom stereocenters. The average Bonchev–Trinajstić information content (AvgIpc) is 2.85. The molecule has 3 aromatic rings. The number of benzene rings is 2. The normalized spacial score (nSPS) is 11.5. The quantitative estimate of drug-likeness (QED) is 0.680. The van der Waals surface area contributed by atoms with Crippen molar-refractivity contribution in [2.24, 2.45) is 0 Å². The highest BCUT2D eigenvalue weighted by molar-refractivity contribution is 6.35. The zero-order valence-corrected chi connectivity index (χ0v) is 14.3. The predicted octanol–water partition coefficient (Wildman–Crippen LogP) is 4.80. The van der Waals surface area contributed by atoms with Crippen molar-refractivity contribution in [1.29, 1.82) is 0 Å². The van der Waals surface area contributed by atoms with Gasteiger partial charge in [0.1, 0.15) is 0 Å². The first-order valence-electron chi connectivity index (χ1n) is 7.26. The maximum atomic E-state index is 10.8. The van der Waals surface area contributed by atoms with Crippen LogP contribution in [0.15, 0.2) is 42.5 Å². The summed E-state index contributed by atoms with van der Waals surface area (Å²) in [5, 5.41) is 15.4. The van der Waals surface area contributed by atoms with Gasteiger partial charge in [-0.3, -0.25) is 4.68 Å². The van der Waals surface area contributed by atoms with E-state index >= 15 is 0 Å². The van der Waals surface area contributed by atoms with Gasteiger partial charge in [0.05, 0.1) is 17.8 Å². The van der Waals surface area contributed by atoms with Crippen molar-refractivity contribution in [3.63, 3.8) is 0 Å². The van der Waals surface area contributed by atoms with E-state index in [9.17, 15) is 4.79 Å². The number of aliphatic carboxylic acids is 1. The standard InChI is InChI=1S/C18H14Cl2N2O2/c1-11-2-5-14-16(6-7-18(23)24)21-22(17(14)8-11)10-12-3-4-13(19)9-15(12)20/h2-9H,10H2,1H3,(H,23,24)/b7-6-. The van der Waals surface area contributed by atoms with Crippen LogP contribution < -0.4 is 0 Å². The number of carboxylic acids is 1. The first kappa shape index (κ1) is 16.6. The maximum Gasteiger partial charge on any atom is 0.328 e. The van der Waals surface area contributed by atoms with E-state index in [1.54, 1.807) is 12.1 Å². The molecule has 24 heavy (non-hydrogen) atoms. The van der Waals surface area contributed by atoms with E-state index in [1.807, 2.05) is 35.9 Å². The Morgan fingerprint density at radius 1 is 1.25 bits per heavy atom. The first-order valence-corrected chi connectivity index (χ1v) is 8.02. The Hall–Kier alpha value is -2.30. The van der Waals surface area contributed by atoms with Crippen LogP contribution in [0, 0.1) is 6.92 Å². The molecule has 0 bridgehead atoms. The van der Waals surface area contributed by atoms with Crippen molar-refractivity contribution in [2.45, 2.75) is 13.5 Å². The van der Waals surface area contributed by atoms with Crippen molar-refractivity contribution in [2.75, 3.05) is 0 Å². The molecule has 0 spiro atoms. The number of halogens is 2. The van der Waals surface area contributed by atoms with Crippen LogP contribution in [-0.4, -0.2) is 20.9 Å². The van der Waals surface area contributed by atoms with E-state index in [4.69, 9.17) is 28.3 Å². The van der Waals surface area contributed by atoms with E-state index < -0.39 is 5.97 Å². The van der Waals surface area contributed by atoms with Gasteiger partial charge in [0.25, 0.3) is 0 Å². The van der Waals surface area contributed by atoms with Crippen molar-refractivity contribution < 1.29 is 9.90 Å². The Morgan fingerprint density at radius 2 is 2.04 bits per heavy atom. The highest BCUT2D eigenvalue weighted by Crippen LogP contribution is 2.25. The Labute approximate surface area is 148 Å². The molecular formula is C18H14Cl2N2O2. The molecule has 0 saturated carbocycles. The smallest absolute Gasteiger partial charge is 0.328 e. The fourth-order valence-electron chi connectivity index (χ4n) is 2.51. The van der Waals surface area contributed by atoms with Gasteiger partial charge < -0.3 is 5.11 Å². The van der Waals surface area contributed by atoms with E-state index in [1.165, 1.54) is 6.08 Å². The highest BCUT2D eigenvalue weighted by Gasteiger charge is 2.11. The van der Waals surface area contributed by atoms with Gasteiger partial charge in [0, 0.05) is 21.5 Å². The number of carboxylic acid groups (broad SMARTS) is 1. The first-order chi connectivity index (χ1) is 11.4. The van der Waals surface area contributed by atoms with Gasteiger partial charge in [-0.2, -0.15) is 5.10 Å². The molecule has 0 aliphatic carbocycles. The topological polar surface area (TPSA) is 55.1 Å². The summed E-state index contributed by atoms with van der Waals surface area (Å²) in [7, 11) is 0. The lowest BCUT2D eigenvalue weighted by atomic mass is 10.1. The summed E-state index contributed by atoms with van der Waals surface area (Å²) in [6, 6.07) is 11.3. The van der Waals surface area contributed by atoms with Crippen LogP contribution in [0.3, 0.4) is 0 Å². The zero-order chi connectivity index (χ0) is 17.3. The molecule has 2 aromatic carbocycles. The average molecular weight is 361 g/mol. The number of rotatable bonds is 4. The van der Waals surface area contributed by atoms with Crippen LogP contribution >= 0.6 is 23.2 Å². The summed E-state index contributed by atoms with van der Waals surface area (Å²) in [6.07, 6.45) is 2.58. The lowest BCUT2D eigenvalue weighted by Gasteiger charge is -2.07. The number of fused-ring (bicyclic) bond motifs is 1. The molecule has 0 aliphatic rings. The maximum absolute atomic E-state index is 10.8. The largest absolute Gasteiger partial charge is 0.478 e. The van der Waals surface area contributed by atoms with Crippen molar-refractivity contribution in [1.82, 2.24) is 9.78 Å². The Kier molecular flexibility index (Phi) is 4.60. The minimum absolute atomic E-state index is 0.469. The van der Waals surface area contributed by atoms with E-state index in [0.717, 1.165) is 28.1 Å². The van der Waals surface area contributed by atoms with Gasteiger partial charge in [-0.15, -0.1) is 0 Å². The second-order valence-corrected chi connectivity index (χ2v) is 6.31. The Bertz CT molecular complexity index is 961. The van der Waals surface area contributed by atoms with Crippen LogP contribution in [-0.2, 0) is 11.3 Å². The van der Waals surface area contributed by atoms with E-state index in [-0.39, 0.29) is 0 Å². The summed E-state index contributed by atoms with van der Waals surface area (Å²) in [5.41, 5.74) is 3.52. The number of hydrogen-bond donors (Lipinski definition) is 1. The summed E-state index contributed by atoms with van der Waals surface area (Å²) in [6.45, 7) is 2.47. The second kappa shape index (κ2) is 6.67. The molecule has 0 saturated heterocycles. The lowest BCUT2D eigenvalue weighted by Crippen LogP contribution is -2.02. The molecule has 0 radical (unpaired) electrons. The molecule has 4 nitrogen and oxygen atoms in total. The zero-order valence-electron chi connectivity index (χ0n) is 12.8. The second-order valence-electron chi connectivity index (χ2n) is 5.47. The molecule has 1 aromatic heterocycles. The van der Waals surface area contributed by atoms with Crippen molar-refractivity contribution in [3.8, 4) is 0 Å². The molecule has 6 heteroatoms. The van der Waals surface area contributed by atoms with Gasteiger partial charge in [-0.25, -0.2) is 4.79 Å². The third kappa shape index (κ3) is 3.45. The van der Waals surface area contributed by atoms with Crippen molar-refractivity contribution in [3.05, 3.63) is 69.3 Å². The lowest BCUT2D eigenvalue weighted by molar-refractivity contribution is -0.131. The molecule has 3 rings (SSSR count). The molecule has 1 heterocycles. The summed E-state index contributed by atoms with van der Waals surface area (Å²) in [5.74, 6) is -1.01. The van der Waals surface area contributed by atoms with Crippen LogP contribution in [0.25, 0.3) is 17.0 Å². The van der Waals surface area contributed by atoms with Gasteiger partial charge in [-0.05, 0) is 42.3 Å².